The molecule has 56 valence electrons. The van der Waals surface area contributed by atoms with E-state index in [9.17, 15) is 0 Å². The molecule has 3 nitrogen and oxygen atoms in total. The molecule has 0 atom stereocenters. The van der Waals surface area contributed by atoms with Gasteiger partial charge in [-0.25, -0.2) is 4.98 Å². The summed E-state index contributed by atoms with van der Waals surface area (Å²) in [6.45, 7) is 1.92. The Bertz CT molecular complexity index is 339. The average molecular weight is 166 g/mol. The highest BCUT2D eigenvalue weighted by molar-refractivity contribution is 7.05. The summed E-state index contributed by atoms with van der Waals surface area (Å²) in [4.78, 5) is 4.17. The second kappa shape index (κ2) is 2.47. The van der Waals surface area contributed by atoms with Gasteiger partial charge in [-0.05, 0) is 30.6 Å². The van der Waals surface area contributed by atoms with Crippen molar-refractivity contribution in [2.75, 3.05) is 0 Å². The summed E-state index contributed by atoms with van der Waals surface area (Å²) in [7, 11) is 0. The van der Waals surface area contributed by atoms with Crippen LogP contribution < -0.4 is 0 Å². The Morgan fingerprint density at radius 3 is 3.00 bits per heavy atom. The first-order chi connectivity index (χ1) is 5.36. The SMILES string of the molecule is Cc1nc(-c2ccco2)ns1. The molecule has 0 spiro atoms. The normalized spacial score (nSPS) is 10.3. The van der Waals surface area contributed by atoms with Crippen LogP contribution in [0.1, 0.15) is 5.01 Å². The number of furan rings is 1. The van der Waals surface area contributed by atoms with E-state index < -0.39 is 0 Å². The fourth-order valence-corrected chi connectivity index (χ4v) is 1.28. The zero-order valence-electron chi connectivity index (χ0n) is 5.94. The van der Waals surface area contributed by atoms with Gasteiger partial charge in [-0.15, -0.1) is 0 Å². The first-order valence-corrected chi connectivity index (χ1v) is 3.98. The molecule has 0 aliphatic carbocycles. The van der Waals surface area contributed by atoms with Crippen LogP contribution in [0.5, 0.6) is 0 Å². The zero-order valence-corrected chi connectivity index (χ0v) is 6.76. The van der Waals surface area contributed by atoms with E-state index in [-0.39, 0.29) is 0 Å². The monoisotopic (exact) mass is 166 g/mol. The largest absolute Gasteiger partial charge is 0.461 e. The molecule has 0 aliphatic rings. The molecular formula is C7H6N2OS. The van der Waals surface area contributed by atoms with Crippen molar-refractivity contribution in [3.05, 3.63) is 23.4 Å². The van der Waals surface area contributed by atoms with Crippen LogP contribution in [-0.2, 0) is 0 Å². The number of hydrogen-bond donors (Lipinski definition) is 0. The maximum atomic E-state index is 5.11. The number of nitrogens with zero attached hydrogens (tertiary/aromatic N) is 2. The molecule has 0 radical (unpaired) electrons. The summed E-state index contributed by atoms with van der Waals surface area (Å²) in [5.74, 6) is 1.41. The van der Waals surface area contributed by atoms with Crippen molar-refractivity contribution < 1.29 is 4.42 Å². The molecule has 0 saturated heterocycles. The van der Waals surface area contributed by atoms with Crippen molar-refractivity contribution in [3.8, 4) is 11.6 Å². The van der Waals surface area contributed by atoms with Crippen molar-refractivity contribution >= 4 is 11.5 Å². The summed E-state index contributed by atoms with van der Waals surface area (Å²) >= 11 is 1.38. The van der Waals surface area contributed by atoms with Crippen molar-refractivity contribution in [1.82, 2.24) is 9.36 Å². The van der Waals surface area contributed by atoms with E-state index in [1.54, 1.807) is 6.26 Å². The predicted octanol–water partition coefficient (Wildman–Crippen LogP) is 2.11. The summed E-state index contributed by atoms with van der Waals surface area (Å²) in [5.41, 5.74) is 0. The minimum atomic E-state index is 0.678. The Balaban J connectivity index is 2.45. The Morgan fingerprint density at radius 2 is 2.45 bits per heavy atom. The minimum Gasteiger partial charge on any atom is -0.461 e. The molecule has 2 rings (SSSR count). The highest BCUT2D eigenvalue weighted by atomic mass is 32.1. The molecular weight excluding hydrogens is 160 g/mol. The summed E-state index contributed by atoms with van der Waals surface area (Å²) in [6.07, 6.45) is 1.62. The second-order valence-electron chi connectivity index (χ2n) is 2.11. The van der Waals surface area contributed by atoms with Gasteiger partial charge in [-0.2, -0.15) is 4.37 Å². The molecule has 0 unspecified atom stereocenters. The quantitative estimate of drug-likeness (QED) is 0.651. The Labute approximate surface area is 67.9 Å². The van der Waals surface area contributed by atoms with Crippen LogP contribution in [0.2, 0.25) is 0 Å². The number of aromatic nitrogens is 2. The zero-order chi connectivity index (χ0) is 7.68. The molecule has 4 heteroatoms. The lowest BCUT2D eigenvalue weighted by atomic mass is 10.4. The Morgan fingerprint density at radius 1 is 1.55 bits per heavy atom. The summed E-state index contributed by atoms with van der Waals surface area (Å²) in [5, 5.41) is 0.955. The van der Waals surface area contributed by atoms with Gasteiger partial charge in [0.2, 0.25) is 5.82 Å². The van der Waals surface area contributed by atoms with E-state index in [0.29, 0.717) is 5.82 Å². The van der Waals surface area contributed by atoms with Gasteiger partial charge >= 0.3 is 0 Å². The summed E-state index contributed by atoms with van der Waals surface area (Å²) in [6, 6.07) is 3.67. The first-order valence-electron chi connectivity index (χ1n) is 3.20. The van der Waals surface area contributed by atoms with Gasteiger partial charge in [-0.3, -0.25) is 0 Å². The Kier molecular flexibility index (Phi) is 1.47. The van der Waals surface area contributed by atoms with Crippen molar-refractivity contribution in [2.24, 2.45) is 0 Å². The van der Waals surface area contributed by atoms with E-state index in [4.69, 9.17) is 4.42 Å². The number of rotatable bonds is 1. The van der Waals surface area contributed by atoms with Gasteiger partial charge in [0.25, 0.3) is 0 Å². The molecule has 0 saturated carbocycles. The topological polar surface area (TPSA) is 38.9 Å². The van der Waals surface area contributed by atoms with E-state index in [0.717, 1.165) is 10.8 Å². The van der Waals surface area contributed by atoms with Crippen LogP contribution in [-0.4, -0.2) is 9.36 Å². The molecule has 0 amide bonds. The average Bonchev–Trinajstić information content (AvgIpc) is 2.55. The molecule has 0 fully saturated rings. The Hall–Kier alpha value is -1.16. The van der Waals surface area contributed by atoms with E-state index in [2.05, 4.69) is 9.36 Å². The third-order valence-electron chi connectivity index (χ3n) is 1.27. The van der Waals surface area contributed by atoms with Gasteiger partial charge in [-0.1, -0.05) is 0 Å². The third kappa shape index (κ3) is 1.17. The molecule has 0 N–H and O–H groups in total. The van der Waals surface area contributed by atoms with Gasteiger partial charge in [0.15, 0.2) is 5.76 Å². The van der Waals surface area contributed by atoms with Gasteiger partial charge in [0.1, 0.15) is 5.01 Å². The van der Waals surface area contributed by atoms with E-state index in [1.807, 2.05) is 19.1 Å². The van der Waals surface area contributed by atoms with Crippen molar-refractivity contribution in [1.29, 1.82) is 0 Å². The maximum Gasteiger partial charge on any atom is 0.208 e. The van der Waals surface area contributed by atoms with Crippen LogP contribution in [0.15, 0.2) is 22.8 Å². The third-order valence-corrected chi connectivity index (χ3v) is 1.89. The molecule has 0 bridgehead atoms. The van der Waals surface area contributed by atoms with E-state index >= 15 is 0 Å². The number of aryl methyl sites for hydroxylation is 1. The van der Waals surface area contributed by atoms with Crippen LogP contribution in [0.25, 0.3) is 11.6 Å². The van der Waals surface area contributed by atoms with Gasteiger partial charge in [0.05, 0.1) is 6.26 Å². The van der Waals surface area contributed by atoms with Crippen LogP contribution in [0.3, 0.4) is 0 Å². The molecule has 2 aromatic heterocycles. The van der Waals surface area contributed by atoms with Gasteiger partial charge in [0, 0.05) is 0 Å². The standard InChI is InChI=1S/C7H6N2OS/c1-5-8-7(9-11-5)6-3-2-4-10-6/h2-4H,1H3. The fraction of sp³-hybridized carbons (Fsp3) is 0.143. The lowest BCUT2D eigenvalue weighted by Gasteiger charge is -1.82. The molecule has 2 heterocycles. The fourth-order valence-electron chi connectivity index (χ4n) is 0.805. The van der Waals surface area contributed by atoms with Crippen LogP contribution in [0.4, 0.5) is 0 Å². The van der Waals surface area contributed by atoms with Crippen LogP contribution >= 0.6 is 11.5 Å². The number of hydrogen-bond acceptors (Lipinski definition) is 4. The molecule has 0 aromatic carbocycles. The lowest BCUT2D eigenvalue weighted by Crippen LogP contribution is -1.74. The van der Waals surface area contributed by atoms with Gasteiger partial charge < -0.3 is 4.42 Å². The highest BCUT2D eigenvalue weighted by Gasteiger charge is 2.04. The van der Waals surface area contributed by atoms with Crippen molar-refractivity contribution in [3.63, 3.8) is 0 Å². The van der Waals surface area contributed by atoms with Crippen molar-refractivity contribution in [2.45, 2.75) is 6.92 Å². The summed E-state index contributed by atoms with van der Waals surface area (Å²) < 4.78 is 9.21. The molecule has 11 heavy (non-hydrogen) atoms. The lowest BCUT2D eigenvalue weighted by molar-refractivity contribution is 0.578. The first kappa shape index (κ1) is 6.54. The second-order valence-corrected chi connectivity index (χ2v) is 3.07. The maximum absolute atomic E-state index is 5.11. The molecule has 0 aliphatic heterocycles. The molecule has 2 aromatic rings. The highest BCUT2D eigenvalue weighted by Crippen LogP contribution is 2.17. The van der Waals surface area contributed by atoms with Crippen LogP contribution in [0, 0.1) is 6.92 Å². The predicted molar refractivity (Wildman–Crippen MR) is 42.3 cm³/mol. The smallest absolute Gasteiger partial charge is 0.208 e. The minimum absolute atomic E-state index is 0.678. The van der Waals surface area contributed by atoms with E-state index in [1.165, 1.54) is 11.5 Å².